The van der Waals surface area contributed by atoms with E-state index in [0.29, 0.717) is 12.4 Å². The fourth-order valence-electron chi connectivity index (χ4n) is 4.12. The molecule has 8 heteroatoms. The molecule has 2 fully saturated rings. The molecule has 3 aliphatic heterocycles. The van der Waals surface area contributed by atoms with Gasteiger partial charge in [-0.05, 0) is 14.0 Å². The fraction of sp³-hybridized carbons (Fsp3) is 0.650. The van der Waals surface area contributed by atoms with Crippen molar-refractivity contribution in [3.8, 4) is 17.2 Å². The Balaban J connectivity index is 1.51. The first-order valence-corrected chi connectivity index (χ1v) is 9.98. The molecule has 0 amide bonds. The van der Waals surface area contributed by atoms with Crippen LogP contribution in [0.4, 0.5) is 0 Å². The van der Waals surface area contributed by atoms with E-state index < -0.39 is 6.04 Å². The van der Waals surface area contributed by atoms with Gasteiger partial charge < -0.3 is 24.2 Å². The summed E-state index contributed by atoms with van der Waals surface area (Å²) in [5, 5.41) is 10.4. The number of rotatable bonds is 5. The van der Waals surface area contributed by atoms with Crippen molar-refractivity contribution in [2.45, 2.75) is 13.0 Å². The zero-order valence-electron chi connectivity index (χ0n) is 16.6. The number of carbonyl (C=O) groups excluding carboxylic acids is 1. The molecule has 2 saturated heterocycles. The Morgan fingerprint density at radius 2 is 1.89 bits per heavy atom. The summed E-state index contributed by atoms with van der Waals surface area (Å²) in [6.07, 6.45) is 0. The van der Waals surface area contributed by atoms with Crippen LogP contribution in [0.25, 0.3) is 0 Å². The number of carbonyl (C=O) groups is 1. The molecule has 1 aromatic carbocycles. The molecule has 0 radical (unpaired) electrons. The van der Waals surface area contributed by atoms with Crippen molar-refractivity contribution in [1.29, 1.82) is 0 Å². The van der Waals surface area contributed by atoms with Crippen LogP contribution < -0.4 is 9.47 Å². The molecule has 0 spiro atoms. The van der Waals surface area contributed by atoms with Crippen LogP contribution in [0.1, 0.15) is 17.2 Å². The van der Waals surface area contributed by atoms with E-state index in [1.54, 1.807) is 6.07 Å². The number of morpholine rings is 1. The summed E-state index contributed by atoms with van der Waals surface area (Å²) in [6.45, 7) is 9.97. The van der Waals surface area contributed by atoms with Crippen LogP contribution in [0.15, 0.2) is 6.07 Å². The topological polar surface area (TPSA) is 74.7 Å². The molecule has 1 aromatic rings. The minimum Gasteiger partial charge on any atom is -0.504 e. The largest absolute Gasteiger partial charge is 0.504 e. The van der Waals surface area contributed by atoms with Gasteiger partial charge in [0.2, 0.25) is 0 Å². The normalized spacial score (nSPS) is 24.2. The lowest BCUT2D eigenvalue weighted by Crippen LogP contribution is -2.47. The van der Waals surface area contributed by atoms with Crippen molar-refractivity contribution >= 4 is 5.97 Å². The predicted octanol–water partition coefficient (Wildman–Crippen LogP) is 0.619. The minimum absolute atomic E-state index is 0.0352. The third-order valence-corrected chi connectivity index (χ3v) is 5.89. The summed E-state index contributed by atoms with van der Waals surface area (Å²) in [4.78, 5) is 19.3. The van der Waals surface area contributed by atoms with Crippen molar-refractivity contribution in [2.75, 3.05) is 72.7 Å². The quantitative estimate of drug-likeness (QED) is 0.578. The smallest absolute Gasteiger partial charge is 0.333 e. The van der Waals surface area contributed by atoms with Crippen molar-refractivity contribution in [3.05, 3.63) is 17.2 Å². The zero-order valence-corrected chi connectivity index (χ0v) is 16.6. The molecule has 3 aliphatic rings. The molecular weight excluding hydrogens is 362 g/mol. The maximum atomic E-state index is 12.6. The number of aromatic hydroxyl groups is 1. The van der Waals surface area contributed by atoms with Gasteiger partial charge in [0.15, 0.2) is 11.5 Å². The third kappa shape index (κ3) is 3.82. The van der Waals surface area contributed by atoms with Crippen molar-refractivity contribution < 1.29 is 24.1 Å². The molecule has 0 saturated carbocycles. The van der Waals surface area contributed by atoms with Gasteiger partial charge in [-0.3, -0.25) is 9.80 Å². The highest BCUT2D eigenvalue weighted by atomic mass is 16.6. The number of ether oxygens (including phenoxy) is 3. The first-order valence-electron chi connectivity index (χ1n) is 9.98. The number of phenols is 1. The third-order valence-electron chi connectivity index (χ3n) is 5.89. The van der Waals surface area contributed by atoms with Crippen molar-refractivity contribution in [1.82, 2.24) is 14.7 Å². The van der Waals surface area contributed by atoms with Crippen molar-refractivity contribution in [3.63, 3.8) is 0 Å². The second-order valence-electron chi connectivity index (χ2n) is 7.73. The number of esters is 1. The summed E-state index contributed by atoms with van der Waals surface area (Å²) < 4.78 is 16.8. The van der Waals surface area contributed by atoms with Crippen LogP contribution in [0.5, 0.6) is 17.2 Å². The lowest BCUT2D eigenvalue weighted by Gasteiger charge is -2.35. The number of phenolic OH excluding ortho intramolecular Hbond substituents is 1. The van der Waals surface area contributed by atoms with Gasteiger partial charge in [-0.15, -0.1) is 0 Å². The molecular formula is C20H29N3O5. The molecule has 3 heterocycles. The van der Waals surface area contributed by atoms with E-state index in [1.165, 1.54) is 0 Å². The molecule has 0 aliphatic carbocycles. The Kier molecular flexibility index (Phi) is 5.73. The second kappa shape index (κ2) is 8.24. The first-order chi connectivity index (χ1) is 13.5. The average molecular weight is 391 g/mol. The molecule has 0 bridgehead atoms. The molecule has 154 valence electrons. The van der Waals surface area contributed by atoms with Crippen LogP contribution in [-0.4, -0.2) is 98.5 Å². The monoisotopic (exact) mass is 391 g/mol. The number of hydrogen-bond donors (Lipinski definition) is 1. The number of benzene rings is 1. The number of fused-ring (bicyclic) bond motifs is 1. The van der Waals surface area contributed by atoms with E-state index >= 15 is 0 Å². The maximum Gasteiger partial charge on any atom is 0.333 e. The second-order valence-corrected chi connectivity index (χ2v) is 7.73. The molecule has 1 atom stereocenters. The Morgan fingerprint density at radius 1 is 1.18 bits per heavy atom. The van der Waals surface area contributed by atoms with E-state index in [1.807, 2.05) is 6.92 Å². The molecule has 1 N–H and O–H groups in total. The lowest BCUT2D eigenvalue weighted by molar-refractivity contribution is -0.138. The highest BCUT2D eigenvalue weighted by molar-refractivity contribution is 5.88. The molecule has 28 heavy (non-hydrogen) atoms. The van der Waals surface area contributed by atoms with Crippen LogP contribution in [0.3, 0.4) is 0 Å². The van der Waals surface area contributed by atoms with E-state index in [9.17, 15) is 9.90 Å². The van der Waals surface area contributed by atoms with E-state index in [0.717, 1.165) is 70.2 Å². The maximum absolute atomic E-state index is 12.6. The zero-order chi connectivity index (χ0) is 19.7. The summed E-state index contributed by atoms with van der Waals surface area (Å²) in [5.74, 6) is 0.546. The number of likely N-dealkylation sites (N-methyl/N-ethyl adjacent to an activating group) is 1. The average Bonchev–Trinajstić information content (AvgIpc) is 3.05. The summed E-state index contributed by atoms with van der Waals surface area (Å²) in [6, 6.07) is 1.09. The van der Waals surface area contributed by atoms with Gasteiger partial charge >= 0.3 is 5.97 Å². The SMILES string of the molecule is Cc1c(OCCN2CCOCC2)cc(O)c2c1C(N1CCN(C)CC1)C(=O)O2. The van der Waals surface area contributed by atoms with Crippen LogP contribution in [0, 0.1) is 6.92 Å². The lowest BCUT2D eigenvalue weighted by atomic mass is 9.98. The van der Waals surface area contributed by atoms with Gasteiger partial charge in [0.1, 0.15) is 18.4 Å². The standard InChI is InChI=1S/C20H29N3O5/c1-14-16(27-12-9-22-7-10-26-11-8-22)13-15(24)19-17(14)18(20(25)28-19)23-5-3-21(2)4-6-23/h13,18,24H,3-12H2,1-2H3. The molecule has 0 aromatic heterocycles. The summed E-state index contributed by atoms with van der Waals surface area (Å²) in [5.41, 5.74) is 1.61. The molecule has 1 unspecified atom stereocenters. The van der Waals surface area contributed by atoms with Crippen LogP contribution in [-0.2, 0) is 9.53 Å². The fourth-order valence-corrected chi connectivity index (χ4v) is 4.12. The number of nitrogens with zero attached hydrogens (tertiary/aromatic N) is 3. The molecule has 8 nitrogen and oxygen atoms in total. The van der Waals surface area contributed by atoms with Gasteiger partial charge in [-0.1, -0.05) is 0 Å². The Hall–Kier alpha value is -1.87. The first kappa shape index (κ1) is 19.4. The highest BCUT2D eigenvalue weighted by Crippen LogP contribution is 2.48. The van der Waals surface area contributed by atoms with E-state index in [-0.39, 0.29) is 17.5 Å². The number of piperazine rings is 1. The summed E-state index contributed by atoms with van der Waals surface area (Å²) >= 11 is 0. The summed E-state index contributed by atoms with van der Waals surface area (Å²) in [7, 11) is 2.08. The van der Waals surface area contributed by atoms with Gasteiger partial charge in [-0.2, -0.15) is 0 Å². The molecule has 4 rings (SSSR count). The van der Waals surface area contributed by atoms with Crippen molar-refractivity contribution in [2.24, 2.45) is 0 Å². The Bertz CT molecular complexity index is 727. The highest BCUT2D eigenvalue weighted by Gasteiger charge is 2.42. The van der Waals surface area contributed by atoms with Gasteiger partial charge in [0, 0.05) is 63.0 Å². The predicted molar refractivity (Wildman–Crippen MR) is 103 cm³/mol. The Labute approximate surface area is 165 Å². The van der Waals surface area contributed by atoms with Crippen LogP contribution in [0.2, 0.25) is 0 Å². The van der Waals surface area contributed by atoms with Gasteiger partial charge in [0.25, 0.3) is 0 Å². The van der Waals surface area contributed by atoms with Crippen LogP contribution >= 0.6 is 0 Å². The number of hydrogen-bond acceptors (Lipinski definition) is 8. The van der Waals surface area contributed by atoms with Gasteiger partial charge in [-0.25, -0.2) is 4.79 Å². The van der Waals surface area contributed by atoms with E-state index in [4.69, 9.17) is 14.2 Å². The Morgan fingerprint density at radius 3 is 2.61 bits per heavy atom. The van der Waals surface area contributed by atoms with E-state index in [2.05, 4.69) is 21.7 Å². The van der Waals surface area contributed by atoms with Gasteiger partial charge in [0.05, 0.1) is 13.2 Å². The minimum atomic E-state index is -0.475.